The summed E-state index contributed by atoms with van der Waals surface area (Å²) in [5, 5.41) is 15.6. The normalized spacial score (nSPS) is 10.1. The van der Waals surface area contributed by atoms with E-state index in [4.69, 9.17) is 9.78 Å². The lowest BCUT2D eigenvalue weighted by molar-refractivity contribution is 0.387. The predicted molar refractivity (Wildman–Crippen MR) is 62.7 cm³/mol. The van der Waals surface area contributed by atoms with Crippen molar-refractivity contribution in [3.8, 4) is 6.07 Å². The first-order chi connectivity index (χ1) is 8.67. The molecule has 1 N–H and O–H groups in total. The molecule has 0 aromatic carbocycles. The molecule has 0 fully saturated rings. The second-order valence-corrected chi connectivity index (χ2v) is 3.74. The van der Waals surface area contributed by atoms with E-state index in [0.29, 0.717) is 36.3 Å². The predicted octanol–water partition coefficient (Wildman–Crippen LogP) is 1.00. The van der Waals surface area contributed by atoms with Crippen LogP contribution in [0.1, 0.15) is 23.1 Å². The van der Waals surface area contributed by atoms with Gasteiger partial charge in [0.25, 0.3) is 0 Å². The van der Waals surface area contributed by atoms with Gasteiger partial charge in [-0.25, -0.2) is 9.97 Å². The fourth-order valence-electron chi connectivity index (χ4n) is 1.43. The zero-order valence-corrected chi connectivity index (χ0v) is 10.1. The minimum absolute atomic E-state index is 0.348. The summed E-state index contributed by atoms with van der Waals surface area (Å²) in [6.07, 6.45) is 0.608. The minimum atomic E-state index is 0.348. The highest BCUT2D eigenvalue weighted by molar-refractivity contribution is 5.32. The Bertz CT molecular complexity index is 585. The SMILES string of the molecule is Cc1cc(C#N)nc(NCCc2noc(C)n2)n1. The highest BCUT2D eigenvalue weighted by Crippen LogP contribution is 2.04. The van der Waals surface area contributed by atoms with Crippen molar-refractivity contribution in [2.45, 2.75) is 20.3 Å². The molecule has 0 unspecified atom stereocenters. The molecule has 0 atom stereocenters. The van der Waals surface area contributed by atoms with Crippen LogP contribution in [0.2, 0.25) is 0 Å². The molecule has 7 nitrogen and oxygen atoms in total. The number of anilines is 1. The van der Waals surface area contributed by atoms with Crippen molar-refractivity contribution in [2.75, 3.05) is 11.9 Å². The van der Waals surface area contributed by atoms with Crippen LogP contribution in [-0.4, -0.2) is 26.7 Å². The molecular weight excluding hydrogens is 232 g/mol. The molecule has 0 saturated carbocycles. The first-order valence-electron chi connectivity index (χ1n) is 5.46. The van der Waals surface area contributed by atoms with Gasteiger partial charge in [-0.3, -0.25) is 0 Å². The Morgan fingerprint density at radius 1 is 1.33 bits per heavy atom. The maximum atomic E-state index is 8.79. The van der Waals surface area contributed by atoms with Crippen molar-refractivity contribution in [3.05, 3.63) is 29.2 Å². The van der Waals surface area contributed by atoms with Crippen molar-refractivity contribution in [1.82, 2.24) is 20.1 Å². The van der Waals surface area contributed by atoms with Gasteiger partial charge in [0.1, 0.15) is 11.8 Å². The third-order valence-electron chi connectivity index (χ3n) is 2.17. The van der Waals surface area contributed by atoms with Crippen molar-refractivity contribution < 1.29 is 4.52 Å². The lowest BCUT2D eigenvalue weighted by atomic mass is 10.3. The topological polar surface area (TPSA) is 101 Å². The Balaban J connectivity index is 1.94. The van der Waals surface area contributed by atoms with E-state index in [0.717, 1.165) is 5.69 Å². The molecule has 2 aromatic heterocycles. The van der Waals surface area contributed by atoms with Gasteiger partial charge >= 0.3 is 0 Å². The molecule has 0 saturated heterocycles. The number of aryl methyl sites for hydroxylation is 2. The maximum Gasteiger partial charge on any atom is 0.224 e. The third kappa shape index (κ3) is 3.01. The average molecular weight is 244 g/mol. The fourth-order valence-corrected chi connectivity index (χ4v) is 1.43. The molecule has 2 heterocycles. The summed E-state index contributed by atoms with van der Waals surface area (Å²) in [7, 11) is 0. The Kier molecular flexibility index (Phi) is 3.48. The maximum absolute atomic E-state index is 8.79. The average Bonchev–Trinajstić information content (AvgIpc) is 2.74. The zero-order valence-electron chi connectivity index (χ0n) is 10.1. The molecule has 0 aliphatic heterocycles. The summed E-state index contributed by atoms with van der Waals surface area (Å²) in [5.74, 6) is 1.61. The first-order valence-corrected chi connectivity index (χ1v) is 5.46. The largest absolute Gasteiger partial charge is 0.354 e. The number of nitriles is 1. The van der Waals surface area contributed by atoms with E-state index in [-0.39, 0.29) is 0 Å². The Morgan fingerprint density at radius 2 is 2.17 bits per heavy atom. The Morgan fingerprint density at radius 3 is 2.83 bits per heavy atom. The summed E-state index contributed by atoms with van der Waals surface area (Å²) >= 11 is 0. The van der Waals surface area contributed by atoms with Crippen LogP contribution in [0.25, 0.3) is 0 Å². The van der Waals surface area contributed by atoms with Gasteiger partial charge in [-0.1, -0.05) is 5.16 Å². The zero-order chi connectivity index (χ0) is 13.0. The molecule has 0 aliphatic carbocycles. The molecule has 0 bridgehead atoms. The van der Waals surface area contributed by atoms with E-state index >= 15 is 0 Å². The van der Waals surface area contributed by atoms with Crippen LogP contribution in [0.4, 0.5) is 5.95 Å². The van der Waals surface area contributed by atoms with Crippen molar-refractivity contribution in [1.29, 1.82) is 5.26 Å². The second-order valence-electron chi connectivity index (χ2n) is 3.74. The highest BCUT2D eigenvalue weighted by atomic mass is 16.5. The van der Waals surface area contributed by atoms with Crippen molar-refractivity contribution >= 4 is 5.95 Å². The van der Waals surface area contributed by atoms with Crippen LogP contribution in [0.3, 0.4) is 0 Å². The van der Waals surface area contributed by atoms with Gasteiger partial charge in [-0.05, 0) is 13.0 Å². The number of rotatable bonds is 4. The molecule has 18 heavy (non-hydrogen) atoms. The standard InChI is InChI=1S/C11H12N6O/c1-7-5-9(6-12)16-11(14-7)13-4-3-10-15-8(2)18-17-10/h5H,3-4H2,1-2H3,(H,13,14,16). The minimum Gasteiger partial charge on any atom is -0.354 e. The van der Waals surface area contributed by atoms with Crippen LogP contribution >= 0.6 is 0 Å². The van der Waals surface area contributed by atoms with Crippen LogP contribution in [-0.2, 0) is 6.42 Å². The van der Waals surface area contributed by atoms with Gasteiger partial charge in [0, 0.05) is 25.6 Å². The van der Waals surface area contributed by atoms with Crippen LogP contribution in [0.5, 0.6) is 0 Å². The van der Waals surface area contributed by atoms with Gasteiger partial charge in [0.15, 0.2) is 5.82 Å². The molecule has 0 aliphatic rings. The summed E-state index contributed by atoms with van der Waals surface area (Å²) in [4.78, 5) is 12.3. The number of hydrogen-bond acceptors (Lipinski definition) is 7. The lowest BCUT2D eigenvalue weighted by Crippen LogP contribution is -2.10. The van der Waals surface area contributed by atoms with Crippen LogP contribution in [0.15, 0.2) is 10.6 Å². The molecule has 92 valence electrons. The second kappa shape index (κ2) is 5.23. The monoisotopic (exact) mass is 244 g/mol. The molecule has 2 aromatic rings. The van der Waals surface area contributed by atoms with Crippen LogP contribution in [0, 0.1) is 25.2 Å². The quantitative estimate of drug-likeness (QED) is 0.856. The van der Waals surface area contributed by atoms with Gasteiger partial charge in [0.05, 0.1) is 0 Å². The van der Waals surface area contributed by atoms with E-state index in [2.05, 4.69) is 25.4 Å². The first kappa shape index (κ1) is 12.0. The molecular formula is C11H12N6O. The Labute approximate surface area is 104 Å². The van der Waals surface area contributed by atoms with Gasteiger partial charge in [-0.15, -0.1) is 0 Å². The van der Waals surface area contributed by atoms with Crippen molar-refractivity contribution in [3.63, 3.8) is 0 Å². The van der Waals surface area contributed by atoms with E-state index in [9.17, 15) is 0 Å². The van der Waals surface area contributed by atoms with Gasteiger partial charge in [-0.2, -0.15) is 10.2 Å². The van der Waals surface area contributed by atoms with Gasteiger partial charge < -0.3 is 9.84 Å². The number of aromatic nitrogens is 4. The number of nitrogens with one attached hydrogen (secondary N) is 1. The fraction of sp³-hybridized carbons (Fsp3) is 0.364. The van der Waals surface area contributed by atoms with Crippen LogP contribution < -0.4 is 5.32 Å². The summed E-state index contributed by atoms with van der Waals surface area (Å²) in [5.41, 5.74) is 1.10. The van der Waals surface area contributed by atoms with E-state index in [1.54, 1.807) is 13.0 Å². The van der Waals surface area contributed by atoms with E-state index in [1.807, 2.05) is 13.0 Å². The molecule has 0 radical (unpaired) electrons. The molecule has 7 heteroatoms. The smallest absolute Gasteiger partial charge is 0.224 e. The molecule has 0 amide bonds. The third-order valence-corrected chi connectivity index (χ3v) is 2.17. The Hall–Kier alpha value is -2.49. The summed E-state index contributed by atoms with van der Waals surface area (Å²) in [6, 6.07) is 3.62. The van der Waals surface area contributed by atoms with E-state index in [1.165, 1.54) is 0 Å². The summed E-state index contributed by atoms with van der Waals surface area (Å²) in [6.45, 7) is 4.14. The highest BCUT2D eigenvalue weighted by Gasteiger charge is 2.04. The van der Waals surface area contributed by atoms with Gasteiger partial charge in [0.2, 0.25) is 11.8 Å². The van der Waals surface area contributed by atoms with Crippen molar-refractivity contribution in [2.24, 2.45) is 0 Å². The summed E-state index contributed by atoms with van der Waals surface area (Å²) < 4.78 is 4.86. The molecule has 0 spiro atoms. The van der Waals surface area contributed by atoms with E-state index < -0.39 is 0 Å². The number of nitrogens with zero attached hydrogens (tertiary/aromatic N) is 5. The lowest BCUT2D eigenvalue weighted by Gasteiger charge is -2.03. The molecule has 2 rings (SSSR count). The number of hydrogen-bond donors (Lipinski definition) is 1.